The number of hydrogen-bond acceptors (Lipinski definition) is 2. The van der Waals surface area contributed by atoms with Crippen molar-refractivity contribution in [2.75, 3.05) is 18.5 Å². The van der Waals surface area contributed by atoms with E-state index in [1.165, 1.54) is 37.7 Å². The van der Waals surface area contributed by atoms with E-state index in [-0.39, 0.29) is 0 Å². The van der Waals surface area contributed by atoms with Gasteiger partial charge in [-0.15, -0.1) is 0 Å². The maximum atomic E-state index is 6.06. The van der Waals surface area contributed by atoms with Crippen LogP contribution in [-0.2, 0) is 0 Å². The second-order valence-electron chi connectivity index (χ2n) is 5.70. The molecule has 1 aromatic rings. The first-order valence-corrected chi connectivity index (χ1v) is 6.75. The fourth-order valence-electron chi connectivity index (χ4n) is 3.08. The monoisotopic (exact) mass is 231 g/mol. The predicted molar refractivity (Wildman–Crippen MR) is 70.7 cm³/mol. The number of rotatable bonds is 0. The molecule has 2 aliphatic rings. The fraction of sp³-hybridized carbons (Fsp3) is 0.600. The van der Waals surface area contributed by atoms with Crippen LogP contribution >= 0.6 is 0 Å². The number of benzene rings is 1. The van der Waals surface area contributed by atoms with Crippen LogP contribution in [-0.4, -0.2) is 13.2 Å². The minimum atomic E-state index is 0.380. The van der Waals surface area contributed by atoms with Crippen molar-refractivity contribution in [1.82, 2.24) is 0 Å². The second kappa shape index (κ2) is 4.25. The molecule has 0 aromatic heterocycles. The predicted octanol–water partition coefficient (Wildman–Crippen LogP) is 3.75. The van der Waals surface area contributed by atoms with Gasteiger partial charge in [-0.2, -0.15) is 0 Å². The number of ether oxygens (including phenoxy) is 1. The molecule has 1 aliphatic carbocycles. The summed E-state index contributed by atoms with van der Waals surface area (Å²) in [5, 5.41) is 3.59. The van der Waals surface area contributed by atoms with Crippen molar-refractivity contribution in [3.8, 4) is 5.75 Å². The quantitative estimate of drug-likeness (QED) is 0.734. The standard InChI is InChI=1S/C15H21NO/c1-12-5-6-13-14(9-12)17-11-15(10-16-13)7-3-2-4-8-15/h5-6,9,16H,2-4,7-8,10-11H2,1H3. The Labute approximate surface area is 103 Å². The van der Waals surface area contributed by atoms with E-state index in [0.717, 1.165) is 24.6 Å². The molecule has 1 saturated carbocycles. The first-order chi connectivity index (χ1) is 8.27. The SMILES string of the molecule is Cc1ccc2c(c1)OCC1(CCCCC1)CN2. The molecule has 17 heavy (non-hydrogen) atoms. The third kappa shape index (κ3) is 2.13. The molecule has 3 rings (SSSR count). The molecule has 1 heterocycles. The molecule has 2 heteroatoms. The van der Waals surface area contributed by atoms with Gasteiger partial charge in [-0.1, -0.05) is 25.3 Å². The first kappa shape index (κ1) is 10.9. The lowest BCUT2D eigenvalue weighted by atomic mass is 9.74. The normalized spacial score (nSPS) is 22.2. The van der Waals surface area contributed by atoms with E-state index in [9.17, 15) is 0 Å². The van der Waals surface area contributed by atoms with Crippen LogP contribution in [0.25, 0.3) is 0 Å². The topological polar surface area (TPSA) is 21.3 Å². The molecule has 0 unspecified atom stereocenters. The summed E-state index contributed by atoms with van der Waals surface area (Å²) in [5.74, 6) is 1.03. The van der Waals surface area contributed by atoms with Gasteiger partial charge in [-0.25, -0.2) is 0 Å². The Morgan fingerprint density at radius 2 is 2.00 bits per heavy atom. The average Bonchev–Trinajstić information content (AvgIpc) is 2.52. The number of hydrogen-bond donors (Lipinski definition) is 1. The van der Waals surface area contributed by atoms with Crippen LogP contribution in [0.2, 0.25) is 0 Å². The summed E-state index contributed by atoms with van der Waals surface area (Å²) < 4.78 is 6.06. The van der Waals surface area contributed by atoms with E-state index in [1.807, 2.05) is 0 Å². The zero-order valence-electron chi connectivity index (χ0n) is 10.6. The second-order valence-corrected chi connectivity index (χ2v) is 5.70. The Balaban J connectivity index is 1.82. The molecule has 1 aromatic carbocycles. The molecule has 0 bridgehead atoms. The maximum absolute atomic E-state index is 6.06. The van der Waals surface area contributed by atoms with Crippen LogP contribution in [0.1, 0.15) is 37.7 Å². The van der Waals surface area contributed by atoms with Gasteiger partial charge < -0.3 is 10.1 Å². The van der Waals surface area contributed by atoms with Crippen molar-refractivity contribution < 1.29 is 4.74 Å². The van der Waals surface area contributed by atoms with E-state index < -0.39 is 0 Å². The lowest BCUT2D eigenvalue weighted by Gasteiger charge is -2.35. The van der Waals surface area contributed by atoms with Gasteiger partial charge in [0.2, 0.25) is 0 Å². The Morgan fingerprint density at radius 3 is 2.82 bits per heavy atom. The number of aryl methyl sites for hydroxylation is 1. The third-order valence-electron chi connectivity index (χ3n) is 4.24. The van der Waals surface area contributed by atoms with Crippen LogP contribution < -0.4 is 10.1 Å². The highest BCUT2D eigenvalue weighted by Gasteiger charge is 2.34. The molecule has 0 atom stereocenters. The smallest absolute Gasteiger partial charge is 0.142 e. The summed E-state index contributed by atoms with van der Waals surface area (Å²) in [6.07, 6.45) is 6.74. The molecule has 0 amide bonds. The van der Waals surface area contributed by atoms with E-state index in [4.69, 9.17) is 4.74 Å². The Hall–Kier alpha value is -1.18. The molecule has 1 aliphatic heterocycles. The zero-order valence-corrected chi connectivity index (χ0v) is 10.6. The van der Waals surface area contributed by atoms with Gasteiger partial charge in [0.15, 0.2) is 0 Å². The van der Waals surface area contributed by atoms with Gasteiger partial charge in [0.05, 0.1) is 12.3 Å². The van der Waals surface area contributed by atoms with Gasteiger partial charge in [-0.3, -0.25) is 0 Å². The zero-order chi connectivity index (χ0) is 11.7. The van der Waals surface area contributed by atoms with Gasteiger partial charge in [0, 0.05) is 12.0 Å². The molecule has 0 saturated heterocycles. The van der Waals surface area contributed by atoms with E-state index in [0.29, 0.717) is 5.41 Å². The van der Waals surface area contributed by atoms with Gasteiger partial charge in [0.25, 0.3) is 0 Å². The molecular formula is C15H21NO. The highest BCUT2D eigenvalue weighted by Crippen LogP contribution is 2.40. The van der Waals surface area contributed by atoms with Crippen LogP contribution in [0.3, 0.4) is 0 Å². The first-order valence-electron chi connectivity index (χ1n) is 6.75. The summed E-state index contributed by atoms with van der Waals surface area (Å²) in [5.41, 5.74) is 2.81. The lowest BCUT2D eigenvalue weighted by molar-refractivity contribution is 0.115. The minimum absolute atomic E-state index is 0.380. The third-order valence-corrected chi connectivity index (χ3v) is 4.24. The van der Waals surface area contributed by atoms with Crippen LogP contribution in [0.15, 0.2) is 18.2 Å². The van der Waals surface area contributed by atoms with Crippen molar-refractivity contribution in [1.29, 1.82) is 0 Å². The van der Waals surface area contributed by atoms with Gasteiger partial charge >= 0.3 is 0 Å². The fourth-order valence-corrected chi connectivity index (χ4v) is 3.08. The number of fused-ring (bicyclic) bond motifs is 1. The van der Waals surface area contributed by atoms with E-state index >= 15 is 0 Å². The van der Waals surface area contributed by atoms with Crippen LogP contribution in [0, 0.1) is 12.3 Å². The van der Waals surface area contributed by atoms with Crippen molar-refractivity contribution in [3.05, 3.63) is 23.8 Å². The summed E-state index contributed by atoms with van der Waals surface area (Å²) in [7, 11) is 0. The summed E-state index contributed by atoms with van der Waals surface area (Å²) in [4.78, 5) is 0. The molecule has 92 valence electrons. The van der Waals surface area contributed by atoms with Crippen LogP contribution in [0.4, 0.5) is 5.69 Å². The van der Waals surface area contributed by atoms with E-state index in [2.05, 4.69) is 30.4 Å². The molecule has 1 fully saturated rings. The summed E-state index contributed by atoms with van der Waals surface area (Å²) >= 11 is 0. The minimum Gasteiger partial charge on any atom is -0.491 e. The average molecular weight is 231 g/mol. The Bertz CT molecular complexity index is 407. The Morgan fingerprint density at radius 1 is 1.18 bits per heavy atom. The number of anilines is 1. The van der Waals surface area contributed by atoms with Crippen molar-refractivity contribution in [2.45, 2.75) is 39.0 Å². The summed E-state index contributed by atoms with van der Waals surface area (Å²) in [6, 6.07) is 6.44. The lowest BCUT2D eigenvalue weighted by Crippen LogP contribution is -2.36. The highest BCUT2D eigenvalue weighted by atomic mass is 16.5. The molecular weight excluding hydrogens is 210 g/mol. The van der Waals surface area contributed by atoms with Crippen molar-refractivity contribution >= 4 is 5.69 Å². The van der Waals surface area contributed by atoms with E-state index in [1.54, 1.807) is 0 Å². The van der Waals surface area contributed by atoms with Crippen molar-refractivity contribution in [3.63, 3.8) is 0 Å². The molecule has 1 N–H and O–H groups in total. The summed E-state index contributed by atoms with van der Waals surface area (Å²) in [6.45, 7) is 4.07. The number of nitrogens with one attached hydrogen (secondary N) is 1. The maximum Gasteiger partial charge on any atom is 0.142 e. The van der Waals surface area contributed by atoms with Gasteiger partial charge in [-0.05, 0) is 37.5 Å². The van der Waals surface area contributed by atoms with Crippen molar-refractivity contribution in [2.24, 2.45) is 5.41 Å². The molecule has 1 spiro atoms. The Kier molecular flexibility index (Phi) is 2.73. The highest BCUT2D eigenvalue weighted by molar-refractivity contribution is 5.58. The van der Waals surface area contributed by atoms with Gasteiger partial charge in [0.1, 0.15) is 5.75 Å². The van der Waals surface area contributed by atoms with Crippen LogP contribution in [0.5, 0.6) is 5.75 Å². The molecule has 0 radical (unpaired) electrons. The molecule has 2 nitrogen and oxygen atoms in total. The largest absolute Gasteiger partial charge is 0.491 e.